The second-order valence-corrected chi connectivity index (χ2v) is 5.52. The van der Waals surface area contributed by atoms with Crippen molar-refractivity contribution in [1.82, 2.24) is 5.32 Å². The van der Waals surface area contributed by atoms with Gasteiger partial charge in [-0.2, -0.15) is 0 Å². The molecule has 126 valence electrons. The van der Waals surface area contributed by atoms with Crippen LogP contribution in [0.5, 0.6) is 0 Å². The van der Waals surface area contributed by atoms with E-state index in [-0.39, 0.29) is 11.9 Å². The zero-order valence-electron chi connectivity index (χ0n) is 13.9. The monoisotopic (exact) mass is 326 g/mol. The van der Waals surface area contributed by atoms with Crippen LogP contribution >= 0.6 is 0 Å². The number of benzene rings is 2. The topological polar surface area (TPSA) is 81.4 Å². The quantitative estimate of drug-likeness (QED) is 0.820. The number of ether oxygens (including phenoxy) is 1. The number of carbonyl (C=O) groups is 2. The molecule has 0 aliphatic carbocycles. The van der Waals surface area contributed by atoms with Crippen molar-refractivity contribution in [2.75, 3.05) is 13.7 Å². The molecule has 0 spiro atoms. The van der Waals surface area contributed by atoms with E-state index in [0.717, 1.165) is 12.0 Å². The largest absolute Gasteiger partial charge is 0.383 e. The number of rotatable bonds is 7. The molecule has 1 atom stereocenters. The summed E-state index contributed by atoms with van der Waals surface area (Å²) in [7, 11) is 1.61. The van der Waals surface area contributed by atoms with E-state index >= 15 is 0 Å². The summed E-state index contributed by atoms with van der Waals surface area (Å²) in [5.41, 5.74) is 7.88. The van der Waals surface area contributed by atoms with Gasteiger partial charge in [-0.3, -0.25) is 9.59 Å². The molecule has 0 aliphatic rings. The highest BCUT2D eigenvalue weighted by molar-refractivity contribution is 6.01. The standard InChI is InChI=1S/C19H22N2O3/c1-3-15(12-24-2)21-19(23)14-8-6-7-13(11-14)16-9-4-5-10-17(16)18(20)22/h4-11,15H,3,12H2,1-2H3,(H2,20,22)(H,21,23)/t15-/m1/s1. The number of hydrogen-bond donors (Lipinski definition) is 2. The molecule has 3 N–H and O–H groups in total. The van der Waals surface area contributed by atoms with E-state index in [4.69, 9.17) is 10.5 Å². The van der Waals surface area contributed by atoms with Crippen molar-refractivity contribution in [3.05, 3.63) is 59.7 Å². The van der Waals surface area contributed by atoms with Gasteiger partial charge in [-0.05, 0) is 35.7 Å². The first-order valence-electron chi connectivity index (χ1n) is 7.85. The highest BCUT2D eigenvalue weighted by Gasteiger charge is 2.14. The molecule has 0 bridgehead atoms. The smallest absolute Gasteiger partial charge is 0.251 e. The van der Waals surface area contributed by atoms with Gasteiger partial charge in [-0.25, -0.2) is 0 Å². The van der Waals surface area contributed by atoms with E-state index < -0.39 is 5.91 Å². The summed E-state index contributed by atoms with van der Waals surface area (Å²) in [4.78, 5) is 24.0. The number of primary amides is 1. The van der Waals surface area contributed by atoms with E-state index in [1.54, 1.807) is 37.4 Å². The summed E-state index contributed by atoms with van der Waals surface area (Å²) in [5, 5.41) is 2.94. The van der Waals surface area contributed by atoms with Crippen LogP contribution in [-0.2, 0) is 4.74 Å². The maximum atomic E-state index is 12.4. The van der Waals surface area contributed by atoms with E-state index in [2.05, 4.69) is 5.32 Å². The molecule has 0 aliphatic heterocycles. The van der Waals surface area contributed by atoms with Crippen molar-refractivity contribution in [2.24, 2.45) is 5.73 Å². The summed E-state index contributed by atoms with van der Waals surface area (Å²) in [6.45, 7) is 2.45. The van der Waals surface area contributed by atoms with Crippen molar-refractivity contribution in [1.29, 1.82) is 0 Å². The number of methoxy groups -OCH3 is 1. The minimum atomic E-state index is -0.494. The Morgan fingerprint density at radius 2 is 1.92 bits per heavy atom. The van der Waals surface area contributed by atoms with Crippen LogP contribution in [0.4, 0.5) is 0 Å². The van der Waals surface area contributed by atoms with Gasteiger partial charge < -0.3 is 15.8 Å². The Bertz CT molecular complexity index is 728. The van der Waals surface area contributed by atoms with Crippen LogP contribution < -0.4 is 11.1 Å². The highest BCUT2D eigenvalue weighted by atomic mass is 16.5. The molecule has 0 fully saturated rings. The number of nitrogens with one attached hydrogen (secondary N) is 1. The van der Waals surface area contributed by atoms with Crippen LogP contribution in [-0.4, -0.2) is 31.6 Å². The first kappa shape index (κ1) is 17.7. The van der Waals surface area contributed by atoms with Crippen LogP contribution in [0, 0.1) is 0 Å². The Morgan fingerprint density at radius 3 is 2.58 bits per heavy atom. The second kappa shape index (κ2) is 8.26. The van der Waals surface area contributed by atoms with Crippen LogP contribution in [0.25, 0.3) is 11.1 Å². The van der Waals surface area contributed by atoms with Crippen LogP contribution in [0.2, 0.25) is 0 Å². The lowest BCUT2D eigenvalue weighted by molar-refractivity contribution is 0.0894. The zero-order chi connectivity index (χ0) is 17.5. The molecular formula is C19H22N2O3. The Kier molecular flexibility index (Phi) is 6.09. The Morgan fingerprint density at radius 1 is 1.17 bits per heavy atom. The highest BCUT2D eigenvalue weighted by Crippen LogP contribution is 2.24. The molecule has 0 saturated heterocycles. The molecular weight excluding hydrogens is 304 g/mol. The summed E-state index contributed by atoms with van der Waals surface area (Å²) >= 11 is 0. The number of nitrogens with two attached hydrogens (primary N) is 1. The van der Waals surface area contributed by atoms with Crippen molar-refractivity contribution in [3.63, 3.8) is 0 Å². The van der Waals surface area contributed by atoms with E-state index in [1.165, 1.54) is 0 Å². The summed E-state index contributed by atoms with van der Waals surface area (Å²) in [6, 6.07) is 14.2. The predicted molar refractivity (Wildman–Crippen MR) is 93.8 cm³/mol. The Hall–Kier alpha value is -2.66. The van der Waals surface area contributed by atoms with E-state index in [0.29, 0.717) is 23.3 Å². The van der Waals surface area contributed by atoms with Gasteiger partial charge in [0.1, 0.15) is 0 Å². The van der Waals surface area contributed by atoms with Crippen LogP contribution in [0.1, 0.15) is 34.1 Å². The Balaban J connectivity index is 2.29. The normalized spacial score (nSPS) is 11.8. The minimum absolute atomic E-state index is 0.0379. The lowest BCUT2D eigenvalue weighted by atomic mass is 9.97. The maximum absolute atomic E-state index is 12.4. The SMILES string of the molecule is CC[C@H](COC)NC(=O)c1cccc(-c2ccccc2C(N)=O)c1. The van der Waals surface area contributed by atoms with Crippen molar-refractivity contribution in [3.8, 4) is 11.1 Å². The molecule has 2 aromatic rings. The molecule has 24 heavy (non-hydrogen) atoms. The molecule has 0 unspecified atom stereocenters. The summed E-state index contributed by atoms with van der Waals surface area (Å²) in [5.74, 6) is -0.663. The van der Waals surface area contributed by atoms with Gasteiger partial charge in [0.25, 0.3) is 5.91 Å². The van der Waals surface area contributed by atoms with Gasteiger partial charge in [-0.15, -0.1) is 0 Å². The molecule has 5 heteroatoms. The predicted octanol–water partition coefficient (Wildman–Crippen LogP) is 2.61. The molecule has 2 amide bonds. The molecule has 0 aromatic heterocycles. The first-order chi connectivity index (χ1) is 11.6. The third-order valence-electron chi connectivity index (χ3n) is 3.82. The van der Waals surface area contributed by atoms with Crippen molar-refractivity contribution in [2.45, 2.75) is 19.4 Å². The molecule has 0 radical (unpaired) electrons. The fraction of sp³-hybridized carbons (Fsp3) is 0.263. The third kappa shape index (κ3) is 4.20. The fourth-order valence-electron chi connectivity index (χ4n) is 2.51. The number of carbonyl (C=O) groups excluding carboxylic acids is 2. The van der Waals surface area contributed by atoms with E-state index in [1.807, 2.05) is 25.1 Å². The molecule has 2 rings (SSSR count). The lowest BCUT2D eigenvalue weighted by Crippen LogP contribution is -2.37. The summed E-state index contributed by atoms with van der Waals surface area (Å²) in [6.07, 6.45) is 0.782. The maximum Gasteiger partial charge on any atom is 0.251 e. The number of hydrogen-bond acceptors (Lipinski definition) is 3. The average Bonchev–Trinajstić information content (AvgIpc) is 2.61. The first-order valence-corrected chi connectivity index (χ1v) is 7.85. The van der Waals surface area contributed by atoms with Gasteiger partial charge in [0.05, 0.1) is 12.6 Å². The van der Waals surface area contributed by atoms with Crippen LogP contribution in [0.3, 0.4) is 0 Å². The van der Waals surface area contributed by atoms with Crippen LogP contribution in [0.15, 0.2) is 48.5 Å². The zero-order valence-corrected chi connectivity index (χ0v) is 13.9. The average molecular weight is 326 g/mol. The Labute approximate surface area is 141 Å². The van der Waals surface area contributed by atoms with Gasteiger partial charge in [-0.1, -0.05) is 37.3 Å². The molecule has 0 saturated carbocycles. The minimum Gasteiger partial charge on any atom is -0.383 e. The van der Waals surface area contributed by atoms with Gasteiger partial charge in [0, 0.05) is 18.2 Å². The number of amides is 2. The van der Waals surface area contributed by atoms with Gasteiger partial charge in [0.15, 0.2) is 0 Å². The van der Waals surface area contributed by atoms with Crippen molar-refractivity contribution < 1.29 is 14.3 Å². The van der Waals surface area contributed by atoms with Gasteiger partial charge in [0.2, 0.25) is 5.91 Å². The van der Waals surface area contributed by atoms with Crippen molar-refractivity contribution >= 4 is 11.8 Å². The molecule has 0 heterocycles. The summed E-state index contributed by atoms with van der Waals surface area (Å²) < 4.78 is 5.10. The molecule has 5 nitrogen and oxygen atoms in total. The fourth-order valence-corrected chi connectivity index (χ4v) is 2.51. The second-order valence-electron chi connectivity index (χ2n) is 5.52. The van der Waals surface area contributed by atoms with E-state index in [9.17, 15) is 9.59 Å². The third-order valence-corrected chi connectivity index (χ3v) is 3.82. The lowest BCUT2D eigenvalue weighted by Gasteiger charge is -2.16. The van der Waals surface area contributed by atoms with Gasteiger partial charge >= 0.3 is 0 Å². The molecule has 2 aromatic carbocycles.